The SMILES string of the molecule is CCn1ccc(C(=O)N2CCCC(=O)N[C@H](Cc3c[nH]c4ccccc34)C(=O)N[C@@H](CC(C)C)c3nc(C)nn3CC2)cc1=O. The van der Waals surface area contributed by atoms with Crippen LogP contribution in [0.5, 0.6) is 0 Å². The van der Waals surface area contributed by atoms with Gasteiger partial charge in [-0.25, -0.2) is 9.67 Å². The number of benzene rings is 1. The summed E-state index contributed by atoms with van der Waals surface area (Å²) >= 11 is 0. The molecule has 1 aliphatic rings. The maximum absolute atomic E-state index is 13.9. The molecule has 0 saturated heterocycles. The van der Waals surface area contributed by atoms with Crippen molar-refractivity contribution in [2.45, 2.75) is 78.6 Å². The van der Waals surface area contributed by atoms with Crippen molar-refractivity contribution in [3.05, 3.63) is 81.9 Å². The third kappa shape index (κ3) is 7.50. The number of nitrogens with one attached hydrogen (secondary N) is 3. The number of carbonyl (C=O) groups is 3. The molecule has 45 heavy (non-hydrogen) atoms. The average Bonchev–Trinajstić information content (AvgIpc) is 3.59. The van der Waals surface area contributed by atoms with Gasteiger partial charge in [-0.1, -0.05) is 32.0 Å². The Hall–Kier alpha value is -4.74. The number of aryl methyl sites for hydroxylation is 2. The highest BCUT2D eigenvalue weighted by Crippen LogP contribution is 2.23. The molecule has 0 spiro atoms. The number of hydrogen-bond acceptors (Lipinski definition) is 6. The molecule has 2 atom stereocenters. The summed E-state index contributed by atoms with van der Waals surface area (Å²) in [4.78, 5) is 62.9. The normalized spacial score (nSPS) is 18.4. The van der Waals surface area contributed by atoms with Crippen LogP contribution in [-0.2, 0) is 29.1 Å². The molecule has 4 aromatic rings. The first-order valence-electron chi connectivity index (χ1n) is 15.7. The number of hydrogen-bond donors (Lipinski definition) is 3. The minimum atomic E-state index is -0.824. The Morgan fingerprint density at radius 3 is 2.60 bits per heavy atom. The first kappa shape index (κ1) is 31.7. The first-order chi connectivity index (χ1) is 21.6. The molecule has 0 saturated carbocycles. The van der Waals surface area contributed by atoms with Gasteiger partial charge < -0.3 is 25.1 Å². The standard InChI is InChI=1S/C33H42N8O4/c1-5-39-14-12-23(19-30(39)43)33(45)40-13-8-11-29(42)36-28(18-24-20-34-26-10-7-6-9-25(24)26)32(44)37-27(17-21(2)3)31-35-22(4)38-41(31)16-15-40/h6-7,9-10,12,14,19-21,27-28,34H,5,8,11,13,15-18H2,1-4H3,(H,36,42)(H,37,44)/t27-,28+/m0/s1. The van der Waals surface area contributed by atoms with Crippen LogP contribution in [0.2, 0.25) is 0 Å². The van der Waals surface area contributed by atoms with Crippen LogP contribution in [0.25, 0.3) is 10.9 Å². The van der Waals surface area contributed by atoms with Crippen LogP contribution in [0.4, 0.5) is 0 Å². The van der Waals surface area contributed by atoms with Crippen molar-refractivity contribution >= 4 is 28.6 Å². The van der Waals surface area contributed by atoms with Crippen molar-refractivity contribution in [2.75, 3.05) is 13.1 Å². The Kier molecular flexibility index (Phi) is 9.80. The van der Waals surface area contributed by atoms with Gasteiger partial charge in [-0.15, -0.1) is 0 Å². The highest BCUT2D eigenvalue weighted by atomic mass is 16.2. The number of aromatic amines is 1. The monoisotopic (exact) mass is 614 g/mol. The molecule has 0 fully saturated rings. The van der Waals surface area contributed by atoms with Gasteiger partial charge in [0.15, 0.2) is 0 Å². The lowest BCUT2D eigenvalue weighted by atomic mass is 10.0. The van der Waals surface area contributed by atoms with Gasteiger partial charge in [0.25, 0.3) is 11.5 Å². The maximum atomic E-state index is 13.9. The molecule has 0 radical (unpaired) electrons. The second-order valence-corrected chi connectivity index (χ2v) is 12.1. The smallest absolute Gasteiger partial charge is 0.254 e. The van der Waals surface area contributed by atoms with E-state index in [0.29, 0.717) is 62.7 Å². The summed E-state index contributed by atoms with van der Waals surface area (Å²) < 4.78 is 3.29. The maximum Gasteiger partial charge on any atom is 0.254 e. The predicted molar refractivity (Wildman–Crippen MR) is 171 cm³/mol. The van der Waals surface area contributed by atoms with Crippen LogP contribution >= 0.6 is 0 Å². The highest BCUT2D eigenvalue weighted by Gasteiger charge is 2.29. The van der Waals surface area contributed by atoms with E-state index in [1.807, 2.05) is 37.4 Å². The fourth-order valence-electron chi connectivity index (χ4n) is 5.91. The number of fused-ring (bicyclic) bond motifs is 2. The Morgan fingerprint density at radius 2 is 1.84 bits per heavy atom. The average molecular weight is 615 g/mol. The summed E-state index contributed by atoms with van der Waals surface area (Å²) in [5.41, 5.74) is 1.94. The van der Waals surface area contributed by atoms with E-state index in [4.69, 9.17) is 4.98 Å². The van der Waals surface area contributed by atoms with Crippen LogP contribution in [0, 0.1) is 12.8 Å². The van der Waals surface area contributed by atoms with Crippen LogP contribution in [0.15, 0.2) is 53.6 Å². The molecule has 3 aromatic heterocycles. The molecule has 5 rings (SSSR count). The molecule has 3 amide bonds. The summed E-state index contributed by atoms with van der Waals surface area (Å²) in [5, 5.41) is 11.8. The van der Waals surface area contributed by atoms with E-state index in [0.717, 1.165) is 16.5 Å². The van der Waals surface area contributed by atoms with Crippen molar-refractivity contribution in [3.63, 3.8) is 0 Å². The molecular weight excluding hydrogens is 572 g/mol. The summed E-state index contributed by atoms with van der Waals surface area (Å²) in [6, 6.07) is 9.58. The van der Waals surface area contributed by atoms with Crippen molar-refractivity contribution in [1.82, 2.24) is 39.8 Å². The van der Waals surface area contributed by atoms with Gasteiger partial charge in [0.05, 0.1) is 12.6 Å². The predicted octanol–water partition coefficient (Wildman–Crippen LogP) is 3.12. The number of pyridine rings is 1. The third-order valence-electron chi connectivity index (χ3n) is 8.18. The molecule has 3 N–H and O–H groups in total. The third-order valence-corrected chi connectivity index (χ3v) is 8.18. The number of rotatable bonds is 6. The fraction of sp³-hybridized carbons (Fsp3) is 0.455. The fourth-order valence-corrected chi connectivity index (χ4v) is 5.91. The van der Waals surface area contributed by atoms with Gasteiger partial charge in [-0.2, -0.15) is 5.10 Å². The second-order valence-electron chi connectivity index (χ2n) is 12.1. The largest absolute Gasteiger partial charge is 0.361 e. The number of para-hydroxylation sites is 1. The lowest BCUT2D eigenvalue weighted by Gasteiger charge is -2.27. The van der Waals surface area contributed by atoms with Crippen molar-refractivity contribution in [1.29, 1.82) is 0 Å². The van der Waals surface area contributed by atoms with Crippen molar-refractivity contribution in [2.24, 2.45) is 5.92 Å². The molecule has 238 valence electrons. The molecule has 1 aliphatic heterocycles. The highest BCUT2D eigenvalue weighted by molar-refractivity contribution is 5.94. The molecule has 0 bridgehead atoms. The van der Waals surface area contributed by atoms with Crippen molar-refractivity contribution < 1.29 is 14.4 Å². The van der Waals surface area contributed by atoms with Crippen LogP contribution in [-0.4, -0.2) is 66.1 Å². The van der Waals surface area contributed by atoms with Crippen LogP contribution in [0.1, 0.15) is 73.6 Å². The summed E-state index contributed by atoms with van der Waals surface area (Å²) in [5.74, 6) is 0.533. The molecule has 12 nitrogen and oxygen atoms in total. The zero-order valence-electron chi connectivity index (χ0n) is 26.4. The Morgan fingerprint density at radius 1 is 1.04 bits per heavy atom. The van der Waals surface area contributed by atoms with Gasteiger partial charge in [0, 0.05) is 67.4 Å². The minimum absolute atomic E-state index is 0.127. The Bertz CT molecular complexity index is 1740. The van der Waals surface area contributed by atoms with Gasteiger partial charge in [-0.05, 0) is 50.3 Å². The van der Waals surface area contributed by atoms with Gasteiger partial charge in [0.2, 0.25) is 11.8 Å². The van der Waals surface area contributed by atoms with Gasteiger partial charge >= 0.3 is 0 Å². The van der Waals surface area contributed by atoms with E-state index in [1.165, 1.54) is 10.6 Å². The molecule has 1 aromatic carbocycles. The Labute approximate surface area is 262 Å². The summed E-state index contributed by atoms with van der Waals surface area (Å²) in [7, 11) is 0. The zero-order valence-corrected chi connectivity index (χ0v) is 26.4. The number of amides is 3. The Balaban J connectivity index is 1.47. The van der Waals surface area contributed by atoms with E-state index in [9.17, 15) is 19.2 Å². The molecule has 12 heteroatoms. The van der Waals surface area contributed by atoms with Crippen molar-refractivity contribution in [3.8, 4) is 0 Å². The minimum Gasteiger partial charge on any atom is -0.361 e. The number of carbonyl (C=O) groups excluding carboxylic acids is 3. The summed E-state index contributed by atoms with van der Waals surface area (Å²) in [6.45, 7) is 9.24. The first-order valence-corrected chi connectivity index (χ1v) is 15.7. The second kappa shape index (κ2) is 13.9. The van der Waals surface area contributed by atoms with Crippen LogP contribution < -0.4 is 16.2 Å². The topological polar surface area (TPSA) is 147 Å². The lowest BCUT2D eigenvalue weighted by molar-refractivity contribution is -0.129. The van der Waals surface area contributed by atoms with Gasteiger partial charge in [0.1, 0.15) is 17.7 Å². The number of nitrogens with zero attached hydrogens (tertiary/aromatic N) is 5. The van der Waals surface area contributed by atoms with E-state index in [1.54, 1.807) is 28.8 Å². The van der Waals surface area contributed by atoms with Crippen LogP contribution in [0.3, 0.4) is 0 Å². The van der Waals surface area contributed by atoms with Gasteiger partial charge in [-0.3, -0.25) is 19.2 Å². The molecule has 4 heterocycles. The lowest BCUT2D eigenvalue weighted by Crippen LogP contribution is -2.49. The zero-order chi connectivity index (χ0) is 32.1. The molecule has 0 unspecified atom stereocenters. The number of aromatic nitrogens is 5. The van der Waals surface area contributed by atoms with E-state index >= 15 is 0 Å². The number of H-pyrrole nitrogens is 1. The summed E-state index contributed by atoms with van der Waals surface area (Å²) in [6.07, 6.45) is 4.91. The van der Waals surface area contributed by atoms with E-state index in [-0.39, 0.29) is 35.6 Å². The van der Waals surface area contributed by atoms with E-state index in [2.05, 4.69) is 34.6 Å². The molecular formula is C33H42N8O4. The quantitative estimate of drug-likeness (QED) is 0.304. The van der Waals surface area contributed by atoms with E-state index < -0.39 is 12.1 Å². The molecule has 0 aliphatic carbocycles.